The third-order valence-electron chi connectivity index (χ3n) is 4.46. The Bertz CT molecular complexity index is 824. The maximum absolute atomic E-state index is 12.4. The van der Waals surface area contributed by atoms with Crippen molar-refractivity contribution in [2.24, 2.45) is 5.92 Å². The summed E-state index contributed by atoms with van der Waals surface area (Å²) in [5.74, 6) is 0.218. The van der Waals surface area contributed by atoms with Crippen LogP contribution in [0.2, 0.25) is 5.02 Å². The maximum Gasteiger partial charge on any atom is 0.317 e. The molecule has 1 saturated heterocycles. The quantitative estimate of drug-likeness (QED) is 0.764. The number of hydrogen-bond donors (Lipinski definition) is 2. The summed E-state index contributed by atoms with van der Waals surface area (Å²) < 4.78 is 0. The molecule has 7 nitrogen and oxygen atoms in total. The van der Waals surface area contributed by atoms with E-state index in [0.29, 0.717) is 34.7 Å². The molecule has 0 saturated carbocycles. The summed E-state index contributed by atoms with van der Waals surface area (Å²) >= 11 is 7.14. The highest BCUT2D eigenvalue weighted by Crippen LogP contribution is 2.29. The van der Waals surface area contributed by atoms with Gasteiger partial charge in [-0.05, 0) is 43.0 Å². The monoisotopic (exact) mass is 421 g/mol. The van der Waals surface area contributed by atoms with E-state index in [0.717, 1.165) is 24.4 Å². The van der Waals surface area contributed by atoms with Crippen molar-refractivity contribution in [3.8, 4) is 0 Å². The number of nitrogens with one attached hydrogen (secondary N) is 2. The third-order valence-corrected chi connectivity index (χ3v) is 5.79. The highest BCUT2D eigenvalue weighted by molar-refractivity contribution is 7.13. The molecule has 3 amide bonds. The van der Waals surface area contributed by atoms with Gasteiger partial charge in [0.1, 0.15) is 5.01 Å². The van der Waals surface area contributed by atoms with E-state index in [2.05, 4.69) is 34.7 Å². The minimum absolute atomic E-state index is 0.0383. The van der Waals surface area contributed by atoms with Crippen LogP contribution in [0.15, 0.2) is 24.3 Å². The molecule has 2 heterocycles. The van der Waals surface area contributed by atoms with Crippen molar-refractivity contribution in [1.29, 1.82) is 0 Å². The Morgan fingerprint density at radius 3 is 2.75 bits per heavy atom. The Morgan fingerprint density at radius 1 is 1.29 bits per heavy atom. The number of aromatic nitrogens is 2. The zero-order chi connectivity index (χ0) is 20.1. The van der Waals surface area contributed by atoms with E-state index in [-0.39, 0.29) is 17.9 Å². The molecule has 1 atom stereocenters. The molecule has 0 spiro atoms. The molecule has 2 N–H and O–H groups in total. The molecule has 1 aliphatic rings. The summed E-state index contributed by atoms with van der Waals surface area (Å²) in [6, 6.07) is 6.85. The maximum atomic E-state index is 12.4. The first-order valence-electron chi connectivity index (χ1n) is 9.35. The lowest BCUT2D eigenvalue weighted by atomic mass is 9.99. The smallest absolute Gasteiger partial charge is 0.317 e. The second-order valence-electron chi connectivity index (χ2n) is 7.27. The van der Waals surface area contributed by atoms with Crippen molar-refractivity contribution in [1.82, 2.24) is 20.4 Å². The number of piperidine rings is 1. The number of halogens is 1. The van der Waals surface area contributed by atoms with Crippen LogP contribution >= 0.6 is 22.9 Å². The minimum Gasteiger partial charge on any atom is -0.338 e. The van der Waals surface area contributed by atoms with E-state index < -0.39 is 0 Å². The zero-order valence-electron chi connectivity index (χ0n) is 15.9. The van der Waals surface area contributed by atoms with Gasteiger partial charge in [-0.2, -0.15) is 0 Å². The van der Waals surface area contributed by atoms with E-state index in [1.54, 1.807) is 24.3 Å². The van der Waals surface area contributed by atoms with E-state index in [1.165, 1.54) is 11.3 Å². The fourth-order valence-electron chi connectivity index (χ4n) is 2.98. The van der Waals surface area contributed by atoms with Crippen molar-refractivity contribution in [2.45, 2.75) is 32.6 Å². The molecule has 1 unspecified atom stereocenters. The van der Waals surface area contributed by atoms with Gasteiger partial charge >= 0.3 is 6.03 Å². The lowest BCUT2D eigenvalue weighted by molar-refractivity contribution is 0.102. The van der Waals surface area contributed by atoms with Gasteiger partial charge in [-0.25, -0.2) is 4.79 Å². The summed E-state index contributed by atoms with van der Waals surface area (Å²) in [4.78, 5) is 26.6. The minimum atomic E-state index is -0.298. The van der Waals surface area contributed by atoms with Crippen LogP contribution in [0.4, 0.5) is 10.5 Å². The van der Waals surface area contributed by atoms with Crippen LogP contribution in [0.25, 0.3) is 0 Å². The molecule has 9 heteroatoms. The third kappa shape index (κ3) is 5.42. The van der Waals surface area contributed by atoms with Crippen LogP contribution in [-0.2, 0) is 0 Å². The summed E-state index contributed by atoms with van der Waals surface area (Å²) in [5.41, 5.74) is 0.650. The number of anilines is 1. The van der Waals surface area contributed by atoms with Crippen molar-refractivity contribution >= 4 is 40.6 Å². The number of likely N-dealkylation sites (tertiary alicyclic amines) is 1. The number of carbonyl (C=O) groups is 2. The van der Waals surface area contributed by atoms with Crippen molar-refractivity contribution in [3.63, 3.8) is 0 Å². The molecular weight excluding hydrogens is 398 g/mol. The van der Waals surface area contributed by atoms with Gasteiger partial charge in [-0.1, -0.05) is 36.8 Å². The molecule has 2 aromatic rings. The lowest BCUT2D eigenvalue weighted by Crippen LogP contribution is -2.45. The fourth-order valence-corrected chi connectivity index (χ4v) is 3.97. The van der Waals surface area contributed by atoms with Crippen LogP contribution < -0.4 is 10.6 Å². The van der Waals surface area contributed by atoms with Crippen LogP contribution in [0.5, 0.6) is 0 Å². The number of carbonyl (C=O) groups excluding carboxylic acids is 2. The first-order valence-corrected chi connectivity index (χ1v) is 10.5. The van der Waals surface area contributed by atoms with Gasteiger partial charge in [-0.15, -0.1) is 10.2 Å². The highest BCUT2D eigenvalue weighted by atomic mass is 35.5. The van der Waals surface area contributed by atoms with E-state index in [9.17, 15) is 9.59 Å². The summed E-state index contributed by atoms with van der Waals surface area (Å²) in [7, 11) is 0. The molecule has 150 valence electrons. The van der Waals surface area contributed by atoms with Gasteiger partial charge in [0.05, 0.1) is 0 Å². The molecular formula is C19H24ClN5O2S. The van der Waals surface area contributed by atoms with E-state index in [1.807, 2.05) is 4.90 Å². The van der Waals surface area contributed by atoms with Gasteiger partial charge in [0, 0.05) is 36.3 Å². The predicted octanol–water partition coefficient (Wildman–Crippen LogP) is 3.99. The van der Waals surface area contributed by atoms with Gasteiger partial charge < -0.3 is 15.5 Å². The topological polar surface area (TPSA) is 87.2 Å². The van der Waals surface area contributed by atoms with Crippen LogP contribution in [0.3, 0.4) is 0 Å². The average Bonchev–Trinajstić information content (AvgIpc) is 3.18. The zero-order valence-corrected chi connectivity index (χ0v) is 17.5. The highest BCUT2D eigenvalue weighted by Gasteiger charge is 2.28. The summed E-state index contributed by atoms with van der Waals surface area (Å²) in [5, 5.41) is 15.7. The standard InChI is InChI=1S/C19H24ClN5O2S/c1-12(2)10-21-19(27)25-9-3-4-13(11-25)17-23-24-18(28-17)16(26)22-15-7-5-14(20)6-8-15/h5-8,12-13H,3-4,9-11H2,1-2H3,(H,21,27)(H,22,26). The first kappa shape index (κ1) is 20.5. The van der Waals surface area contributed by atoms with Gasteiger partial charge in [0.2, 0.25) is 5.01 Å². The summed E-state index contributed by atoms with van der Waals surface area (Å²) in [6.45, 7) is 6.13. The molecule has 0 aliphatic carbocycles. The number of nitrogens with zero attached hydrogens (tertiary/aromatic N) is 3. The second kappa shape index (κ2) is 9.34. The molecule has 1 aliphatic heterocycles. The molecule has 1 fully saturated rings. The average molecular weight is 422 g/mol. The van der Waals surface area contributed by atoms with E-state index >= 15 is 0 Å². The molecule has 1 aromatic heterocycles. The van der Waals surface area contributed by atoms with Crippen LogP contribution in [-0.4, -0.2) is 46.7 Å². The van der Waals surface area contributed by atoms with Gasteiger partial charge in [-0.3, -0.25) is 4.79 Å². The number of amides is 3. The van der Waals surface area contributed by atoms with Crippen LogP contribution in [0.1, 0.15) is 47.4 Å². The largest absolute Gasteiger partial charge is 0.338 e. The normalized spacial score (nSPS) is 16.9. The van der Waals surface area contributed by atoms with Gasteiger partial charge in [0.15, 0.2) is 0 Å². The Hall–Kier alpha value is -2.19. The number of hydrogen-bond acceptors (Lipinski definition) is 5. The van der Waals surface area contributed by atoms with E-state index in [4.69, 9.17) is 11.6 Å². The SMILES string of the molecule is CC(C)CNC(=O)N1CCCC(c2nnc(C(=O)Nc3ccc(Cl)cc3)s2)C1. The Morgan fingerprint density at radius 2 is 2.04 bits per heavy atom. The van der Waals surface area contributed by atoms with Crippen LogP contribution in [0, 0.1) is 5.92 Å². The Labute approximate surface area is 173 Å². The van der Waals surface area contributed by atoms with Gasteiger partial charge in [0.25, 0.3) is 5.91 Å². The first-order chi connectivity index (χ1) is 13.4. The second-order valence-corrected chi connectivity index (χ2v) is 8.72. The Balaban J connectivity index is 1.60. The molecule has 28 heavy (non-hydrogen) atoms. The lowest BCUT2D eigenvalue weighted by Gasteiger charge is -2.31. The number of rotatable bonds is 5. The fraction of sp³-hybridized carbons (Fsp3) is 0.474. The number of benzene rings is 1. The molecule has 1 aromatic carbocycles. The van der Waals surface area contributed by atoms with Crippen molar-refractivity contribution < 1.29 is 9.59 Å². The Kier molecular flexibility index (Phi) is 6.85. The van der Waals surface area contributed by atoms with Crippen molar-refractivity contribution in [2.75, 3.05) is 25.0 Å². The summed E-state index contributed by atoms with van der Waals surface area (Å²) in [6.07, 6.45) is 1.84. The molecule has 0 bridgehead atoms. The van der Waals surface area contributed by atoms with Crippen molar-refractivity contribution in [3.05, 3.63) is 39.3 Å². The molecule has 0 radical (unpaired) electrons. The molecule has 3 rings (SSSR count). The number of urea groups is 1. The predicted molar refractivity (Wildman–Crippen MR) is 111 cm³/mol.